The van der Waals surface area contributed by atoms with E-state index in [0.29, 0.717) is 31.4 Å². The third-order valence-corrected chi connectivity index (χ3v) is 2.85. The van der Waals surface area contributed by atoms with E-state index in [1.54, 1.807) is 4.90 Å². The Balaban J connectivity index is 2.03. The SMILES string of the molecule is CC(C)c1nc(CN2CCOCC2C(=O)O)no1. The van der Waals surface area contributed by atoms with Gasteiger partial charge in [0, 0.05) is 12.5 Å². The van der Waals surface area contributed by atoms with Gasteiger partial charge in [-0.05, 0) is 0 Å². The van der Waals surface area contributed by atoms with Gasteiger partial charge in [-0.1, -0.05) is 19.0 Å². The van der Waals surface area contributed by atoms with Crippen LogP contribution in [0.5, 0.6) is 0 Å². The fourth-order valence-corrected chi connectivity index (χ4v) is 1.80. The fourth-order valence-electron chi connectivity index (χ4n) is 1.80. The van der Waals surface area contributed by atoms with Crippen LogP contribution >= 0.6 is 0 Å². The first-order valence-electron chi connectivity index (χ1n) is 5.95. The van der Waals surface area contributed by atoms with Gasteiger partial charge < -0.3 is 14.4 Å². The summed E-state index contributed by atoms with van der Waals surface area (Å²) in [5.41, 5.74) is 0. The van der Waals surface area contributed by atoms with Crippen molar-refractivity contribution in [2.75, 3.05) is 19.8 Å². The van der Waals surface area contributed by atoms with Crippen molar-refractivity contribution in [3.8, 4) is 0 Å². The van der Waals surface area contributed by atoms with Crippen molar-refractivity contribution in [1.29, 1.82) is 0 Å². The zero-order valence-electron chi connectivity index (χ0n) is 10.5. The van der Waals surface area contributed by atoms with Crippen molar-refractivity contribution in [2.24, 2.45) is 0 Å². The monoisotopic (exact) mass is 255 g/mol. The molecule has 0 bridgehead atoms. The molecular formula is C11H17N3O4. The summed E-state index contributed by atoms with van der Waals surface area (Å²) in [5, 5.41) is 13.0. The van der Waals surface area contributed by atoms with Crippen LogP contribution < -0.4 is 0 Å². The third kappa shape index (κ3) is 2.85. The second-order valence-corrected chi connectivity index (χ2v) is 4.60. The number of rotatable bonds is 4. The highest BCUT2D eigenvalue weighted by molar-refractivity contribution is 5.73. The number of carboxylic acid groups (broad SMARTS) is 1. The summed E-state index contributed by atoms with van der Waals surface area (Å²) >= 11 is 0. The molecule has 1 atom stereocenters. The van der Waals surface area contributed by atoms with Gasteiger partial charge >= 0.3 is 5.97 Å². The molecule has 0 aliphatic carbocycles. The highest BCUT2D eigenvalue weighted by Gasteiger charge is 2.30. The van der Waals surface area contributed by atoms with Crippen LogP contribution in [0.15, 0.2) is 4.52 Å². The molecule has 18 heavy (non-hydrogen) atoms. The zero-order valence-corrected chi connectivity index (χ0v) is 10.5. The minimum atomic E-state index is -0.887. The number of hydrogen-bond acceptors (Lipinski definition) is 6. The number of carboxylic acids is 1. The summed E-state index contributed by atoms with van der Waals surface area (Å²) in [4.78, 5) is 17.1. The Morgan fingerprint density at radius 3 is 3.00 bits per heavy atom. The average molecular weight is 255 g/mol. The summed E-state index contributed by atoms with van der Waals surface area (Å²) in [6, 6.07) is -0.639. The van der Waals surface area contributed by atoms with Gasteiger partial charge in [0.1, 0.15) is 6.04 Å². The normalized spacial score (nSPS) is 21.4. The van der Waals surface area contributed by atoms with E-state index in [4.69, 9.17) is 14.4 Å². The second-order valence-electron chi connectivity index (χ2n) is 4.60. The quantitative estimate of drug-likeness (QED) is 0.836. The predicted molar refractivity (Wildman–Crippen MR) is 61.0 cm³/mol. The van der Waals surface area contributed by atoms with E-state index >= 15 is 0 Å². The molecule has 2 heterocycles. The first kappa shape index (κ1) is 13.0. The maximum Gasteiger partial charge on any atom is 0.323 e. The maximum absolute atomic E-state index is 11.1. The Morgan fingerprint density at radius 2 is 2.39 bits per heavy atom. The van der Waals surface area contributed by atoms with Crippen molar-refractivity contribution in [2.45, 2.75) is 32.4 Å². The molecule has 1 aromatic rings. The van der Waals surface area contributed by atoms with Crippen LogP contribution in [0, 0.1) is 0 Å². The van der Waals surface area contributed by atoms with Crippen LogP contribution in [0.3, 0.4) is 0 Å². The fraction of sp³-hybridized carbons (Fsp3) is 0.727. The van der Waals surface area contributed by atoms with Crippen LogP contribution in [0.25, 0.3) is 0 Å². The Hall–Kier alpha value is -1.47. The van der Waals surface area contributed by atoms with E-state index in [1.807, 2.05) is 13.8 Å². The number of carbonyl (C=O) groups is 1. The smallest absolute Gasteiger partial charge is 0.323 e. The van der Waals surface area contributed by atoms with Gasteiger partial charge in [0.15, 0.2) is 5.82 Å². The molecule has 1 fully saturated rings. The first-order chi connectivity index (χ1) is 8.58. The van der Waals surface area contributed by atoms with Crippen LogP contribution in [0.2, 0.25) is 0 Å². The Bertz CT molecular complexity index is 418. The molecule has 1 saturated heterocycles. The maximum atomic E-state index is 11.1. The summed E-state index contributed by atoms with van der Waals surface area (Å²) < 4.78 is 10.3. The lowest BCUT2D eigenvalue weighted by Gasteiger charge is -2.31. The summed E-state index contributed by atoms with van der Waals surface area (Å²) in [6.45, 7) is 5.58. The van der Waals surface area contributed by atoms with Crippen molar-refractivity contribution >= 4 is 5.97 Å². The molecule has 0 saturated carbocycles. The molecule has 1 aromatic heterocycles. The Labute approximate surface area is 105 Å². The summed E-state index contributed by atoms with van der Waals surface area (Å²) in [5.74, 6) is 0.380. The molecule has 1 aliphatic heterocycles. The number of ether oxygens (including phenoxy) is 1. The molecule has 7 nitrogen and oxygen atoms in total. The molecule has 0 radical (unpaired) electrons. The van der Waals surface area contributed by atoms with Crippen molar-refractivity contribution in [1.82, 2.24) is 15.0 Å². The molecule has 0 spiro atoms. The van der Waals surface area contributed by atoms with Crippen LogP contribution in [-0.4, -0.2) is 51.9 Å². The minimum Gasteiger partial charge on any atom is -0.480 e. The molecule has 0 aromatic carbocycles. The third-order valence-electron chi connectivity index (χ3n) is 2.85. The number of aliphatic carboxylic acids is 1. The average Bonchev–Trinajstić information content (AvgIpc) is 2.78. The molecule has 1 aliphatic rings. The van der Waals surface area contributed by atoms with Crippen LogP contribution in [0.4, 0.5) is 0 Å². The molecule has 100 valence electrons. The van der Waals surface area contributed by atoms with Gasteiger partial charge in [0.2, 0.25) is 5.89 Å². The number of nitrogens with zero attached hydrogens (tertiary/aromatic N) is 3. The summed E-state index contributed by atoms with van der Waals surface area (Å²) in [6.07, 6.45) is 0. The summed E-state index contributed by atoms with van der Waals surface area (Å²) in [7, 11) is 0. The van der Waals surface area contributed by atoms with Crippen LogP contribution in [0.1, 0.15) is 31.5 Å². The minimum absolute atomic E-state index is 0.172. The lowest BCUT2D eigenvalue weighted by atomic mass is 10.2. The second kappa shape index (κ2) is 5.45. The number of morpholine rings is 1. The Morgan fingerprint density at radius 1 is 1.61 bits per heavy atom. The van der Waals surface area contributed by atoms with Gasteiger partial charge in [0.25, 0.3) is 0 Å². The molecule has 0 amide bonds. The highest BCUT2D eigenvalue weighted by atomic mass is 16.5. The van der Waals surface area contributed by atoms with Crippen molar-refractivity contribution in [3.05, 3.63) is 11.7 Å². The van der Waals surface area contributed by atoms with E-state index in [1.165, 1.54) is 0 Å². The van der Waals surface area contributed by atoms with Crippen molar-refractivity contribution < 1.29 is 19.2 Å². The van der Waals surface area contributed by atoms with Gasteiger partial charge in [0.05, 0.1) is 19.8 Å². The molecule has 2 rings (SSSR count). The molecule has 1 unspecified atom stereocenters. The van der Waals surface area contributed by atoms with Gasteiger partial charge in [-0.15, -0.1) is 0 Å². The van der Waals surface area contributed by atoms with Gasteiger partial charge in [-0.3, -0.25) is 9.69 Å². The van der Waals surface area contributed by atoms with Crippen LogP contribution in [-0.2, 0) is 16.1 Å². The van der Waals surface area contributed by atoms with E-state index in [-0.39, 0.29) is 12.5 Å². The topological polar surface area (TPSA) is 88.7 Å². The lowest BCUT2D eigenvalue weighted by molar-refractivity contribution is -0.150. The van der Waals surface area contributed by atoms with Crippen molar-refractivity contribution in [3.63, 3.8) is 0 Å². The van der Waals surface area contributed by atoms with E-state index in [9.17, 15) is 4.79 Å². The molecular weight excluding hydrogens is 238 g/mol. The molecule has 1 N–H and O–H groups in total. The lowest BCUT2D eigenvalue weighted by Crippen LogP contribution is -2.49. The number of hydrogen-bond donors (Lipinski definition) is 1. The number of aromatic nitrogens is 2. The zero-order chi connectivity index (χ0) is 13.1. The predicted octanol–water partition coefficient (Wildman–Crippen LogP) is 0.478. The standard InChI is InChI=1S/C11H17N3O4/c1-7(2)10-12-9(13-18-10)5-14-3-4-17-6-8(14)11(15)16/h7-8H,3-6H2,1-2H3,(H,15,16). The van der Waals surface area contributed by atoms with Gasteiger partial charge in [-0.25, -0.2) is 0 Å². The molecule has 7 heteroatoms. The van der Waals surface area contributed by atoms with E-state index in [0.717, 1.165) is 0 Å². The van der Waals surface area contributed by atoms with Gasteiger partial charge in [-0.2, -0.15) is 4.98 Å². The van der Waals surface area contributed by atoms with E-state index < -0.39 is 12.0 Å². The first-order valence-corrected chi connectivity index (χ1v) is 5.95. The largest absolute Gasteiger partial charge is 0.480 e. The van der Waals surface area contributed by atoms with E-state index in [2.05, 4.69) is 10.1 Å². The Kier molecular flexibility index (Phi) is 3.93. The highest BCUT2D eigenvalue weighted by Crippen LogP contribution is 2.14.